The largest absolute Gasteiger partial charge is 0.460 e. The lowest BCUT2D eigenvalue weighted by atomic mass is 9.78. The molecule has 2 N–H and O–H groups in total. The molecule has 3 rings (SSSR count). The van der Waals surface area contributed by atoms with Gasteiger partial charge in [-0.1, -0.05) is 71.1 Å². The third-order valence-electron chi connectivity index (χ3n) is 13.7. The number of ketones is 3. The average Bonchev–Trinajstić information content (AvgIpc) is 3.28. The van der Waals surface area contributed by atoms with E-state index >= 15 is 0 Å². The Morgan fingerprint density at radius 1 is 0.923 bits per heavy atom. The van der Waals surface area contributed by atoms with Crippen molar-refractivity contribution >= 4 is 35.5 Å². The van der Waals surface area contributed by atoms with Gasteiger partial charge in [0.1, 0.15) is 25.0 Å². The first-order valence-corrected chi connectivity index (χ1v) is 23.7. The van der Waals surface area contributed by atoms with Crippen molar-refractivity contribution in [1.82, 2.24) is 4.90 Å². The van der Waals surface area contributed by atoms with E-state index < -0.39 is 65.7 Å². The second-order valence-corrected chi connectivity index (χ2v) is 19.1. The second-order valence-electron chi connectivity index (χ2n) is 19.1. The molecule has 0 aromatic carbocycles. The van der Waals surface area contributed by atoms with Gasteiger partial charge in [-0.25, -0.2) is 4.79 Å². The minimum atomic E-state index is -2.44. The summed E-state index contributed by atoms with van der Waals surface area (Å²) in [4.78, 5) is 80.6. The Hall–Kier alpha value is -3.66. The maximum Gasteiger partial charge on any atom is 0.329 e. The summed E-state index contributed by atoms with van der Waals surface area (Å²) in [6.45, 7) is 13.0. The summed E-state index contributed by atoms with van der Waals surface area (Å²) in [6.07, 6.45) is 14.9. The lowest BCUT2D eigenvalue weighted by molar-refractivity contribution is -0.265. The van der Waals surface area contributed by atoms with E-state index in [-0.39, 0.29) is 67.3 Å². The summed E-state index contributed by atoms with van der Waals surface area (Å²) in [5, 5.41) is 22.3. The van der Waals surface area contributed by atoms with Gasteiger partial charge in [-0.15, -0.1) is 0 Å². The molecule has 2 heterocycles. The van der Waals surface area contributed by atoms with E-state index in [9.17, 15) is 39.0 Å². The van der Waals surface area contributed by atoms with E-state index in [4.69, 9.17) is 23.7 Å². The van der Waals surface area contributed by atoms with Crippen LogP contribution in [0.15, 0.2) is 47.6 Å². The van der Waals surface area contributed by atoms with Gasteiger partial charge in [0.15, 0.2) is 11.6 Å². The number of aliphatic hydroxyl groups is 2. The van der Waals surface area contributed by atoms with E-state index in [0.717, 1.165) is 24.7 Å². The zero-order valence-electron chi connectivity index (χ0n) is 40.7. The fourth-order valence-corrected chi connectivity index (χ4v) is 9.40. The summed E-state index contributed by atoms with van der Waals surface area (Å²) in [7, 11) is 4.66. The van der Waals surface area contributed by atoms with Gasteiger partial charge in [-0.05, 0) is 107 Å². The molecule has 2 aliphatic heterocycles. The van der Waals surface area contributed by atoms with Gasteiger partial charge in [0.2, 0.25) is 5.79 Å². The quantitative estimate of drug-likeness (QED) is 0.0326. The van der Waals surface area contributed by atoms with E-state index in [1.165, 1.54) is 12.0 Å². The highest BCUT2D eigenvalue weighted by Gasteiger charge is 2.53. The first-order valence-electron chi connectivity index (χ1n) is 23.7. The molecule has 0 aromatic heterocycles. The van der Waals surface area contributed by atoms with Crippen LogP contribution >= 0.6 is 0 Å². The minimum absolute atomic E-state index is 0.0795. The Kier molecular flexibility index (Phi) is 23.3. The molecule has 0 spiro atoms. The molecule has 0 bridgehead atoms. The SMILES string of the molecule is COCC(=O)C(C)CC(C)C=CC=CC=C(C)C(CC1CCC(C)C(O)(C(=O)C(=O)N2CCCCC2C(=O)OC(CC(=O)C(C)=CC(C)C=O)C(C)CC2CCC(O)C(OC)C2)O1)OC. The molecular weight excluding hydrogens is 835 g/mol. The van der Waals surface area contributed by atoms with Gasteiger partial charge in [-0.2, -0.15) is 0 Å². The highest BCUT2D eigenvalue weighted by atomic mass is 16.6. The van der Waals surface area contributed by atoms with E-state index in [2.05, 4.69) is 6.92 Å². The Morgan fingerprint density at radius 3 is 2.31 bits per heavy atom. The smallest absolute Gasteiger partial charge is 0.329 e. The molecule has 14 nitrogen and oxygen atoms in total. The number of likely N-dealkylation sites (tertiary alicyclic amines) is 1. The van der Waals surface area contributed by atoms with Gasteiger partial charge in [-0.3, -0.25) is 19.2 Å². The van der Waals surface area contributed by atoms with Crippen molar-refractivity contribution < 1.29 is 62.7 Å². The number of aliphatic hydroxyl groups excluding tert-OH is 1. The molecule has 0 aromatic rings. The zero-order chi connectivity index (χ0) is 48.4. The number of carbonyl (C=O) groups excluding carboxylic acids is 6. The number of aldehydes is 1. The van der Waals surface area contributed by atoms with Crippen molar-refractivity contribution in [3.8, 4) is 0 Å². The van der Waals surface area contributed by atoms with Crippen LogP contribution in [0.2, 0.25) is 0 Å². The molecule has 1 saturated carbocycles. The molecule has 14 heteroatoms. The van der Waals surface area contributed by atoms with Crippen molar-refractivity contribution in [2.75, 3.05) is 34.5 Å². The maximum absolute atomic E-state index is 14.2. The number of hydrogen-bond acceptors (Lipinski definition) is 13. The van der Waals surface area contributed by atoms with Crippen molar-refractivity contribution in [2.45, 2.75) is 168 Å². The standard InChI is InChI=1S/C51H79NO13/c1-32(24-36(5)44(56)31-61-8)16-12-11-13-17-34(3)45(62-9)28-40-21-19-38(7)51(60,65-40)48(57)49(58)52-23-15-14-18-41(52)50(59)64-46(29-43(55)35(4)25-33(2)30-53)37(6)26-39-20-22-42(54)47(27-39)63-10/h11-13,16-17,25,30,32-33,36-42,45-47,54,60H,14-15,18-24,26-29,31H2,1-10H3. The van der Waals surface area contributed by atoms with Gasteiger partial charge >= 0.3 is 5.97 Å². The molecule has 3 aliphatic rings. The number of Topliss-reactive ketones (excluding diaryl/α,β-unsaturated/α-hetero) is 3. The molecule has 13 atom stereocenters. The van der Waals surface area contributed by atoms with E-state index in [1.807, 2.05) is 51.2 Å². The van der Waals surface area contributed by atoms with Crippen LogP contribution in [0.1, 0.15) is 126 Å². The Bertz CT molecular complexity index is 1720. The summed E-state index contributed by atoms with van der Waals surface area (Å²) in [6, 6.07) is -1.12. The molecule has 2 saturated heterocycles. The third-order valence-corrected chi connectivity index (χ3v) is 13.7. The lowest BCUT2D eigenvalue weighted by Gasteiger charge is -2.42. The summed E-state index contributed by atoms with van der Waals surface area (Å²) >= 11 is 0. The Balaban J connectivity index is 1.73. The van der Waals surface area contributed by atoms with Gasteiger partial charge in [0.05, 0.1) is 24.4 Å². The number of methoxy groups -OCH3 is 3. The number of esters is 1. The van der Waals surface area contributed by atoms with Gasteiger partial charge in [0, 0.05) is 58.5 Å². The first kappa shape index (κ1) is 55.7. The predicted octanol–water partition coefficient (Wildman–Crippen LogP) is 6.64. The van der Waals surface area contributed by atoms with Crippen LogP contribution in [0, 0.1) is 35.5 Å². The first-order chi connectivity index (χ1) is 30.8. The second kappa shape index (κ2) is 27.2. The van der Waals surface area contributed by atoms with Crippen molar-refractivity contribution in [3.63, 3.8) is 0 Å². The molecule has 13 unspecified atom stereocenters. The number of carbonyl (C=O) groups is 6. The topological polar surface area (TPSA) is 192 Å². The van der Waals surface area contributed by atoms with Crippen LogP contribution < -0.4 is 0 Å². The number of ether oxygens (including phenoxy) is 5. The Labute approximate surface area is 387 Å². The monoisotopic (exact) mass is 914 g/mol. The molecule has 0 radical (unpaired) electrons. The number of allylic oxidation sites excluding steroid dienone is 7. The normalized spacial score (nSPS) is 28.6. The number of amides is 1. The van der Waals surface area contributed by atoms with Crippen LogP contribution in [-0.2, 0) is 52.5 Å². The highest BCUT2D eigenvalue weighted by Crippen LogP contribution is 2.37. The summed E-state index contributed by atoms with van der Waals surface area (Å²) < 4.78 is 28.6. The number of hydrogen-bond donors (Lipinski definition) is 2. The molecule has 366 valence electrons. The van der Waals surface area contributed by atoms with Crippen LogP contribution in [0.3, 0.4) is 0 Å². The fourth-order valence-electron chi connectivity index (χ4n) is 9.40. The average molecular weight is 914 g/mol. The molecular formula is C51H79NO13. The number of piperidine rings is 1. The molecule has 1 amide bonds. The van der Waals surface area contributed by atoms with E-state index in [0.29, 0.717) is 56.9 Å². The minimum Gasteiger partial charge on any atom is -0.460 e. The third kappa shape index (κ3) is 16.6. The van der Waals surface area contributed by atoms with Crippen LogP contribution in [0.4, 0.5) is 0 Å². The van der Waals surface area contributed by atoms with Gasteiger partial charge < -0.3 is 43.6 Å². The summed E-state index contributed by atoms with van der Waals surface area (Å²) in [5.74, 6) is -6.78. The maximum atomic E-state index is 14.2. The van der Waals surface area contributed by atoms with Crippen molar-refractivity contribution in [3.05, 3.63) is 47.6 Å². The summed E-state index contributed by atoms with van der Waals surface area (Å²) in [5.41, 5.74) is 1.26. The number of rotatable bonds is 25. The number of nitrogens with zero attached hydrogens (tertiary/aromatic N) is 1. The predicted molar refractivity (Wildman–Crippen MR) is 246 cm³/mol. The molecule has 3 fully saturated rings. The van der Waals surface area contributed by atoms with Crippen LogP contribution in [0.5, 0.6) is 0 Å². The van der Waals surface area contributed by atoms with Crippen LogP contribution in [-0.4, -0.2) is 127 Å². The zero-order valence-corrected chi connectivity index (χ0v) is 40.7. The Morgan fingerprint density at radius 2 is 1.65 bits per heavy atom. The van der Waals surface area contributed by atoms with Crippen molar-refractivity contribution in [1.29, 1.82) is 0 Å². The van der Waals surface area contributed by atoms with E-state index in [1.54, 1.807) is 41.1 Å². The highest BCUT2D eigenvalue weighted by molar-refractivity contribution is 6.39. The molecule has 1 aliphatic carbocycles. The van der Waals surface area contributed by atoms with Crippen LogP contribution in [0.25, 0.3) is 0 Å². The van der Waals surface area contributed by atoms with Crippen molar-refractivity contribution in [2.24, 2.45) is 35.5 Å². The van der Waals surface area contributed by atoms with Gasteiger partial charge in [0.25, 0.3) is 11.7 Å². The fraction of sp³-hybridized carbons (Fsp3) is 0.725. The lowest BCUT2D eigenvalue weighted by Crippen LogP contribution is -2.61. The molecule has 65 heavy (non-hydrogen) atoms.